The molecule has 1 fully saturated rings. The van der Waals surface area contributed by atoms with E-state index in [0.717, 1.165) is 28.1 Å². The molecule has 1 aliphatic carbocycles. The normalized spacial score (nSPS) is 18.2. The van der Waals surface area contributed by atoms with E-state index in [1.165, 1.54) is 0 Å². The molecule has 0 aliphatic heterocycles. The lowest BCUT2D eigenvalue weighted by atomic mass is 9.96. The Morgan fingerprint density at radius 2 is 2.26 bits per heavy atom. The van der Waals surface area contributed by atoms with Crippen LogP contribution in [0.2, 0.25) is 0 Å². The number of hydrogen-bond donors (Lipinski definition) is 2. The van der Waals surface area contributed by atoms with E-state index in [9.17, 15) is 4.79 Å². The number of amides is 1. The molecule has 0 spiro atoms. The van der Waals surface area contributed by atoms with Gasteiger partial charge in [0.2, 0.25) is 5.91 Å². The second kappa shape index (κ2) is 4.58. The summed E-state index contributed by atoms with van der Waals surface area (Å²) < 4.78 is 1.14. The van der Waals surface area contributed by atoms with Gasteiger partial charge in [-0.25, -0.2) is 4.98 Å². The Morgan fingerprint density at radius 1 is 1.53 bits per heavy atom. The lowest BCUT2D eigenvalue weighted by Crippen LogP contribution is -2.53. The molecular weight excluding hydrogens is 258 g/mol. The zero-order valence-corrected chi connectivity index (χ0v) is 11.7. The largest absolute Gasteiger partial charge is 0.348 e. The van der Waals surface area contributed by atoms with Crippen LogP contribution in [-0.2, 0) is 11.3 Å². The highest BCUT2D eigenvalue weighted by atomic mass is 32.1. The summed E-state index contributed by atoms with van der Waals surface area (Å²) in [7, 11) is 0. The van der Waals surface area contributed by atoms with Crippen molar-refractivity contribution in [2.75, 3.05) is 0 Å². The molecule has 1 aromatic heterocycles. The van der Waals surface area contributed by atoms with Gasteiger partial charge in [0.05, 0.1) is 22.3 Å². The fraction of sp³-hybridized carbons (Fsp3) is 0.429. The first kappa shape index (κ1) is 12.6. The van der Waals surface area contributed by atoms with E-state index in [4.69, 9.17) is 5.73 Å². The number of thiazole rings is 1. The third-order valence-corrected chi connectivity index (χ3v) is 4.69. The number of carbonyl (C=O) groups is 1. The molecular formula is C14H17N3OS. The van der Waals surface area contributed by atoms with Gasteiger partial charge in [-0.1, -0.05) is 12.1 Å². The van der Waals surface area contributed by atoms with Crippen LogP contribution in [0.3, 0.4) is 0 Å². The molecule has 1 amide bonds. The monoisotopic (exact) mass is 275 g/mol. The zero-order chi connectivity index (χ0) is 13.5. The molecule has 3 rings (SSSR count). The quantitative estimate of drug-likeness (QED) is 0.897. The van der Waals surface area contributed by atoms with Gasteiger partial charge in [0.1, 0.15) is 5.01 Å². The Bertz CT molecular complexity index is 583. The Balaban J connectivity index is 1.67. The molecule has 1 aromatic carbocycles. The third kappa shape index (κ3) is 2.48. The summed E-state index contributed by atoms with van der Waals surface area (Å²) in [4.78, 5) is 16.6. The van der Waals surface area contributed by atoms with E-state index in [2.05, 4.69) is 10.3 Å². The number of para-hydroxylation sites is 1. The van der Waals surface area contributed by atoms with E-state index >= 15 is 0 Å². The number of rotatable bonds is 4. The molecule has 5 heteroatoms. The maximum atomic E-state index is 12.1. The topological polar surface area (TPSA) is 68.0 Å². The van der Waals surface area contributed by atoms with Crippen molar-refractivity contribution in [2.24, 2.45) is 11.7 Å². The van der Waals surface area contributed by atoms with Crippen LogP contribution in [0.4, 0.5) is 0 Å². The van der Waals surface area contributed by atoms with E-state index < -0.39 is 5.54 Å². The molecule has 0 bridgehead atoms. The lowest BCUT2D eigenvalue weighted by Gasteiger charge is -2.22. The minimum atomic E-state index is -0.739. The standard InChI is InChI=1S/C14H17N3OS/c1-14(15,9-6-7-9)13(18)16-8-12-17-10-4-2-3-5-11(10)19-12/h2-5,9H,6-8,15H2,1H3,(H,16,18). The zero-order valence-electron chi connectivity index (χ0n) is 10.8. The van der Waals surface area contributed by atoms with E-state index in [-0.39, 0.29) is 5.91 Å². The van der Waals surface area contributed by atoms with E-state index in [1.807, 2.05) is 31.2 Å². The fourth-order valence-corrected chi connectivity index (χ4v) is 3.12. The Kier molecular flexibility index (Phi) is 3.03. The van der Waals surface area contributed by atoms with Gasteiger partial charge < -0.3 is 11.1 Å². The Labute approximate surface area is 116 Å². The maximum Gasteiger partial charge on any atom is 0.240 e. The molecule has 0 saturated heterocycles. The number of fused-ring (bicyclic) bond motifs is 1. The smallest absolute Gasteiger partial charge is 0.240 e. The minimum absolute atomic E-state index is 0.0748. The average Bonchev–Trinajstić information content (AvgIpc) is 3.16. The first-order valence-corrected chi connectivity index (χ1v) is 7.30. The molecule has 1 heterocycles. The third-order valence-electron chi connectivity index (χ3n) is 3.65. The van der Waals surface area contributed by atoms with Crippen molar-refractivity contribution in [1.82, 2.24) is 10.3 Å². The molecule has 19 heavy (non-hydrogen) atoms. The van der Waals surface area contributed by atoms with Crippen molar-refractivity contribution >= 4 is 27.5 Å². The van der Waals surface area contributed by atoms with Crippen LogP contribution in [0, 0.1) is 5.92 Å². The highest BCUT2D eigenvalue weighted by Gasteiger charge is 2.43. The van der Waals surface area contributed by atoms with Gasteiger partial charge in [-0.2, -0.15) is 0 Å². The molecule has 2 aromatic rings. The summed E-state index contributed by atoms with van der Waals surface area (Å²) in [5, 5.41) is 3.82. The van der Waals surface area contributed by atoms with Crippen molar-refractivity contribution in [3.63, 3.8) is 0 Å². The fourth-order valence-electron chi connectivity index (χ4n) is 2.21. The van der Waals surface area contributed by atoms with Crippen LogP contribution >= 0.6 is 11.3 Å². The van der Waals surface area contributed by atoms with Crippen molar-refractivity contribution < 1.29 is 4.79 Å². The molecule has 1 saturated carbocycles. The summed E-state index contributed by atoms with van der Waals surface area (Å²) >= 11 is 1.61. The van der Waals surface area contributed by atoms with Crippen LogP contribution in [0.15, 0.2) is 24.3 Å². The summed E-state index contributed by atoms with van der Waals surface area (Å²) in [6.07, 6.45) is 2.11. The van der Waals surface area contributed by atoms with Gasteiger partial charge in [0, 0.05) is 0 Å². The van der Waals surface area contributed by atoms with Crippen LogP contribution in [-0.4, -0.2) is 16.4 Å². The lowest BCUT2D eigenvalue weighted by molar-refractivity contribution is -0.126. The van der Waals surface area contributed by atoms with Crippen molar-refractivity contribution in [2.45, 2.75) is 31.8 Å². The van der Waals surface area contributed by atoms with Crippen molar-refractivity contribution in [1.29, 1.82) is 0 Å². The van der Waals surface area contributed by atoms with Crippen LogP contribution in [0.1, 0.15) is 24.8 Å². The second-order valence-electron chi connectivity index (χ2n) is 5.31. The van der Waals surface area contributed by atoms with Gasteiger partial charge in [-0.15, -0.1) is 11.3 Å². The predicted molar refractivity (Wildman–Crippen MR) is 76.8 cm³/mol. The predicted octanol–water partition coefficient (Wildman–Crippen LogP) is 2.04. The number of nitrogens with zero attached hydrogens (tertiary/aromatic N) is 1. The minimum Gasteiger partial charge on any atom is -0.348 e. The summed E-state index contributed by atoms with van der Waals surface area (Å²) in [6, 6.07) is 7.98. The van der Waals surface area contributed by atoms with Gasteiger partial charge in [0.25, 0.3) is 0 Å². The summed E-state index contributed by atoms with van der Waals surface area (Å²) in [6.45, 7) is 2.27. The number of nitrogens with two attached hydrogens (primary N) is 1. The van der Waals surface area contributed by atoms with Crippen molar-refractivity contribution in [3.05, 3.63) is 29.3 Å². The molecule has 4 nitrogen and oxygen atoms in total. The second-order valence-corrected chi connectivity index (χ2v) is 6.43. The molecule has 100 valence electrons. The summed E-state index contributed by atoms with van der Waals surface area (Å²) in [5.41, 5.74) is 6.32. The highest BCUT2D eigenvalue weighted by molar-refractivity contribution is 7.18. The summed E-state index contributed by atoms with van der Waals surface area (Å²) in [5.74, 6) is 0.261. The first-order chi connectivity index (χ1) is 9.07. The van der Waals surface area contributed by atoms with E-state index in [0.29, 0.717) is 12.5 Å². The molecule has 0 radical (unpaired) electrons. The average molecular weight is 275 g/mol. The number of benzene rings is 1. The Hall–Kier alpha value is -1.46. The van der Waals surface area contributed by atoms with Gasteiger partial charge in [-0.3, -0.25) is 4.79 Å². The highest BCUT2D eigenvalue weighted by Crippen LogP contribution is 2.38. The van der Waals surface area contributed by atoms with Crippen LogP contribution in [0.25, 0.3) is 10.2 Å². The maximum absolute atomic E-state index is 12.1. The number of hydrogen-bond acceptors (Lipinski definition) is 4. The molecule has 1 atom stereocenters. The molecule has 1 unspecified atom stereocenters. The molecule has 1 aliphatic rings. The SMILES string of the molecule is CC(N)(C(=O)NCc1nc2ccccc2s1)C1CC1. The number of aromatic nitrogens is 1. The van der Waals surface area contributed by atoms with Crippen molar-refractivity contribution in [3.8, 4) is 0 Å². The van der Waals surface area contributed by atoms with Gasteiger partial charge >= 0.3 is 0 Å². The first-order valence-electron chi connectivity index (χ1n) is 6.49. The van der Waals surface area contributed by atoms with E-state index in [1.54, 1.807) is 11.3 Å². The number of nitrogens with one attached hydrogen (secondary N) is 1. The number of carbonyl (C=O) groups excluding carboxylic acids is 1. The van der Waals surface area contributed by atoms with Gasteiger partial charge in [0.15, 0.2) is 0 Å². The van der Waals surface area contributed by atoms with Gasteiger partial charge in [-0.05, 0) is 37.8 Å². The molecule has 3 N–H and O–H groups in total. The Morgan fingerprint density at radius 3 is 2.95 bits per heavy atom. The van der Waals surface area contributed by atoms with Crippen LogP contribution < -0.4 is 11.1 Å². The van der Waals surface area contributed by atoms with Crippen LogP contribution in [0.5, 0.6) is 0 Å².